The number of piperazine rings is 1. The zero-order valence-electron chi connectivity index (χ0n) is 20.1. The van der Waals surface area contributed by atoms with Gasteiger partial charge in [0.25, 0.3) is 0 Å². The molecule has 2 aromatic rings. The number of likely N-dealkylation sites (N-methyl/N-ethyl adjacent to an activating group) is 1. The first-order chi connectivity index (χ1) is 16.9. The highest BCUT2D eigenvalue weighted by Gasteiger charge is 2.27. The summed E-state index contributed by atoms with van der Waals surface area (Å²) in [5, 5.41) is 15.4. The third-order valence-corrected chi connectivity index (χ3v) is 6.50. The molecule has 2 aliphatic rings. The number of hydrogen-bond donors (Lipinski definition) is 2. The highest BCUT2D eigenvalue weighted by molar-refractivity contribution is 6.09. The third-order valence-electron chi connectivity index (χ3n) is 6.50. The highest BCUT2D eigenvalue weighted by Crippen LogP contribution is 2.27. The van der Waals surface area contributed by atoms with Crippen molar-refractivity contribution in [3.8, 4) is 0 Å². The Morgan fingerprint density at radius 3 is 2.51 bits per heavy atom. The van der Waals surface area contributed by atoms with Gasteiger partial charge in [0.2, 0.25) is 0 Å². The molecule has 1 saturated heterocycles. The van der Waals surface area contributed by atoms with E-state index in [9.17, 15) is 9.59 Å². The predicted octanol–water partition coefficient (Wildman–Crippen LogP) is 0.850. The first kappa shape index (κ1) is 25.0. The van der Waals surface area contributed by atoms with Crippen LogP contribution in [0.3, 0.4) is 0 Å². The number of aliphatic hydroxyl groups is 1. The van der Waals surface area contributed by atoms with Gasteiger partial charge in [-0.25, -0.2) is 0 Å². The Labute approximate surface area is 205 Å². The lowest BCUT2D eigenvalue weighted by atomic mass is 9.92. The second kappa shape index (κ2) is 11.5. The number of nitrogens with zero attached hydrogens (tertiary/aromatic N) is 4. The molecule has 1 atom stereocenters. The van der Waals surface area contributed by atoms with Crippen LogP contribution in [-0.4, -0.2) is 97.4 Å². The van der Waals surface area contributed by atoms with Gasteiger partial charge in [-0.05, 0) is 36.2 Å². The summed E-state index contributed by atoms with van der Waals surface area (Å²) in [6, 6.07) is 13.0. The standard InChI is InChI=1S/C26H33N5O4/c1-29-10-12-31(13-11-29)28-17-19-2-4-21(5-3-19)25(34)22-7-6-20-8-9-30(26(27)23(20)16-22)18-24(33)35-15-14-32/h2-7,16-17,26,32H,8-15,18,27H2,1H3. The van der Waals surface area contributed by atoms with Crippen LogP contribution in [0.2, 0.25) is 0 Å². The molecule has 1 fully saturated rings. The number of hydrazone groups is 1. The van der Waals surface area contributed by atoms with Gasteiger partial charge in [-0.2, -0.15) is 5.10 Å². The molecule has 0 aliphatic carbocycles. The molecule has 9 heteroatoms. The number of esters is 1. The quantitative estimate of drug-likeness (QED) is 0.326. The molecule has 35 heavy (non-hydrogen) atoms. The average Bonchev–Trinajstić information content (AvgIpc) is 2.88. The minimum atomic E-state index is -0.513. The summed E-state index contributed by atoms with van der Waals surface area (Å²) >= 11 is 0. The average molecular weight is 480 g/mol. The molecule has 0 bridgehead atoms. The highest BCUT2D eigenvalue weighted by atomic mass is 16.5. The monoisotopic (exact) mass is 479 g/mol. The molecule has 0 saturated carbocycles. The molecule has 2 aliphatic heterocycles. The Morgan fingerprint density at radius 1 is 1.09 bits per heavy atom. The lowest BCUT2D eigenvalue weighted by Gasteiger charge is -2.34. The van der Waals surface area contributed by atoms with Crippen LogP contribution in [-0.2, 0) is 16.0 Å². The number of ether oxygens (including phenoxy) is 1. The van der Waals surface area contributed by atoms with Crippen LogP contribution in [0.25, 0.3) is 0 Å². The summed E-state index contributed by atoms with van der Waals surface area (Å²) < 4.78 is 4.96. The first-order valence-electron chi connectivity index (χ1n) is 12.0. The molecule has 0 radical (unpaired) electrons. The summed E-state index contributed by atoms with van der Waals surface area (Å²) in [7, 11) is 2.11. The fraction of sp³-hybridized carbons (Fsp3) is 0.423. The molecular weight excluding hydrogens is 446 g/mol. The van der Waals surface area contributed by atoms with Gasteiger partial charge < -0.3 is 20.5 Å². The van der Waals surface area contributed by atoms with Crippen LogP contribution in [0.1, 0.15) is 38.8 Å². The fourth-order valence-corrected chi connectivity index (χ4v) is 4.33. The van der Waals surface area contributed by atoms with E-state index >= 15 is 0 Å². The maximum absolute atomic E-state index is 13.2. The number of carbonyl (C=O) groups is 2. The second-order valence-corrected chi connectivity index (χ2v) is 8.98. The molecule has 186 valence electrons. The van der Waals surface area contributed by atoms with Gasteiger partial charge in [0, 0.05) is 43.9 Å². The molecule has 4 rings (SSSR count). The Hall–Kier alpha value is -3.11. The molecule has 0 aromatic heterocycles. The predicted molar refractivity (Wildman–Crippen MR) is 133 cm³/mol. The lowest BCUT2D eigenvalue weighted by molar-refractivity contribution is -0.146. The Balaban J connectivity index is 1.41. The Bertz CT molecular complexity index is 1060. The fourth-order valence-electron chi connectivity index (χ4n) is 4.33. The van der Waals surface area contributed by atoms with Crippen molar-refractivity contribution in [3.63, 3.8) is 0 Å². The normalized spacial score (nSPS) is 19.1. The van der Waals surface area contributed by atoms with Gasteiger partial charge >= 0.3 is 5.97 Å². The van der Waals surface area contributed by atoms with Gasteiger partial charge in [0.05, 0.1) is 25.5 Å². The topological polar surface area (TPSA) is 112 Å². The lowest BCUT2D eigenvalue weighted by Crippen LogP contribution is -2.43. The number of hydrogen-bond acceptors (Lipinski definition) is 9. The zero-order chi connectivity index (χ0) is 24.8. The summed E-state index contributed by atoms with van der Waals surface area (Å²) in [6.45, 7) is 4.23. The maximum atomic E-state index is 13.2. The summed E-state index contributed by atoms with van der Waals surface area (Å²) in [6.07, 6.45) is 2.05. The van der Waals surface area contributed by atoms with E-state index in [1.165, 1.54) is 0 Å². The van der Waals surface area contributed by atoms with Crippen molar-refractivity contribution in [2.45, 2.75) is 12.6 Å². The van der Waals surface area contributed by atoms with E-state index in [-0.39, 0.29) is 25.5 Å². The Kier molecular flexibility index (Phi) is 8.25. The van der Waals surface area contributed by atoms with E-state index < -0.39 is 12.1 Å². The van der Waals surface area contributed by atoms with E-state index in [4.69, 9.17) is 15.6 Å². The molecule has 3 N–H and O–H groups in total. The van der Waals surface area contributed by atoms with Crippen LogP contribution in [0.15, 0.2) is 47.6 Å². The van der Waals surface area contributed by atoms with Gasteiger partial charge in [0.15, 0.2) is 5.78 Å². The number of nitrogens with two attached hydrogens (primary N) is 1. The number of ketones is 1. The first-order valence-corrected chi connectivity index (χ1v) is 12.0. The van der Waals surface area contributed by atoms with Gasteiger partial charge in [-0.15, -0.1) is 0 Å². The van der Waals surface area contributed by atoms with Crippen molar-refractivity contribution in [2.75, 3.05) is 59.5 Å². The molecule has 0 spiro atoms. The molecule has 9 nitrogen and oxygen atoms in total. The SMILES string of the molecule is CN1CCN(N=Cc2ccc(C(=O)c3ccc4c(c3)C(N)N(CC(=O)OCCO)CC4)cc2)CC1. The number of benzene rings is 2. The van der Waals surface area contributed by atoms with Gasteiger partial charge in [0.1, 0.15) is 6.61 Å². The smallest absolute Gasteiger partial charge is 0.320 e. The Morgan fingerprint density at radius 2 is 1.80 bits per heavy atom. The van der Waals surface area contributed by atoms with E-state index in [1.807, 2.05) is 53.6 Å². The minimum Gasteiger partial charge on any atom is -0.462 e. The third kappa shape index (κ3) is 6.32. The van der Waals surface area contributed by atoms with Crippen LogP contribution < -0.4 is 5.73 Å². The molecule has 2 aromatic carbocycles. The molecule has 2 heterocycles. The molecule has 1 unspecified atom stereocenters. The molecule has 0 amide bonds. The zero-order valence-corrected chi connectivity index (χ0v) is 20.1. The number of fused-ring (bicyclic) bond motifs is 1. The largest absolute Gasteiger partial charge is 0.462 e. The minimum absolute atomic E-state index is 0.0301. The number of rotatable bonds is 8. The molecular formula is C26H33N5O4. The van der Waals surface area contributed by atoms with Crippen molar-refractivity contribution in [2.24, 2.45) is 10.8 Å². The van der Waals surface area contributed by atoms with E-state index in [2.05, 4.69) is 22.1 Å². The van der Waals surface area contributed by atoms with Crippen molar-refractivity contribution in [1.29, 1.82) is 0 Å². The summed E-state index contributed by atoms with van der Waals surface area (Å²) in [4.78, 5) is 29.2. The van der Waals surface area contributed by atoms with Gasteiger partial charge in [-0.1, -0.05) is 36.4 Å². The number of aliphatic hydroxyl groups excluding tert-OH is 1. The van der Waals surface area contributed by atoms with Crippen LogP contribution >= 0.6 is 0 Å². The number of carbonyl (C=O) groups excluding carboxylic acids is 2. The van der Waals surface area contributed by atoms with Crippen molar-refractivity contribution in [3.05, 3.63) is 70.3 Å². The maximum Gasteiger partial charge on any atom is 0.320 e. The van der Waals surface area contributed by atoms with Crippen LogP contribution in [0.4, 0.5) is 0 Å². The summed E-state index contributed by atoms with van der Waals surface area (Å²) in [5.41, 5.74) is 10.4. The van der Waals surface area contributed by atoms with Crippen molar-refractivity contribution >= 4 is 18.0 Å². The van der Waals surface area contributed by atoms with E-state index in [1.54, 1.807) is 0 Å². The summed E-state index contributed by atoms with van der Waals surface area (Å²) in [5.74, 6) is -0.511. The van der Waals surface area contributed by atoms with Crippen LogP contribution in [0, 0.1) is 0 Å². The van der Waals surface area contributed by atoms with E-state index in [0.717, 1.165) is 49.3 Å². The van der Waals surface area contributed by atoms with Crippen molar-refractivity contribution < 1.29 is 19.4 Å². The van der Waals surface area contributed by atoms with Crippen LogP contribution in [0.5, 0.6) is 0 Å². The van der Waals surface area contributed by atoms with Gasteiger partial charge in [-0.3, -0.25) is 19.5 Å². The van der Waals surface area contributed by atoms with E-state index in [0.29, 0.717) is 17.7 Å². The van der Waals surface area contributed by atoms with Crippen molar-refractivity contribution in [1.82, 2.24) is 14.8 Å². The second-order valence-electron chi connectivity index (χ2n) is 8.98.